The summed E-state index contributed by atoms with van der Waals surface area (Å²) in [6.07, 6.45) is -0.228. The van der Waals surface area contributed by atoms with Crippen molar-refractivity contribution in [3.8, 4) is 0 Å². The van der Waals surface area contributed by atoms with Gasteiger partial charge in [-0.1, -0.05) is 12.1 Å². The van der Waals surface area contributed by atoms with Crippen LogP contribution in [0.2, 0.25) is 0 Å². The van der Waals surface area contributed by atoms with Crippen LogP contribution in [0, 0.1) is 0 Å². The minimum absolute atomic E-state index is 0. The molecular formula is C9H7ClN2O2. The van der Waals surface area contributed by atoms with Crippen molar-refractivity contribution in [1.82, 2.24) is 0 Å². The lowest BCUT2D eigenvalue weighted by molar-refractivity contribution is -0.125. The lowest BCUT2D eigenvalue weighted by Crippen LogP contribution is -2.24. The first-order chi connectivity index (χ1) is 6.25. The van der Waals surface area contributed by atoms with Crippen molar-refractivity contribution >= 4 is 24.2 Å². The Morgan fingerprint density at radius 2 is 1.36 bits per heavy atom. The SMILES string of the molecule is Cl.O=C1CC(=O)N=c2ccccc2=N1. The summed E-state index contributed by atoms with van der Waals surface area (Å²) in [6, 6.07) is 6.83. The Balaban J connectivity index is 0.000000980. The van der Waals surface area contributed by atoms with Gasteiger partial charge in [-0.2, -0.15) is 0 Å². The second-order valence-electron chi connectivity index (χ2n) is 2.68. The van der Waals surface area contributed by atoms with Crippen molar-refractivity contribution in [2.75, 3.05) is 0 Å². The fourth-order valence-corrected chi connectivity index (χ4v) is 1.13. The molecule has 0 saturated heterocycles. The van der Waals surface area contributed by atoms with E-state index in [9.17, 15) is 9.59 Å². The number of nitrogens with zero attached hydrogens (tertiary/aromatic N) is 2. The maximum absolute atomic E-state index is 11.0. The van der Waals surface area contributed by atoms with Gasteiger partial charge in [0, 0.05) is 0 Å². The van der Waals surface area contributed by atoms with Crippen molar-refractivity contribution in [2.45, 2.75) is 6.42 Å². The molecule has 0 aromatic heterocycles. The van der Waals surface area contributed by atoms with Gasteiger partial charge in [0.05, 0.1) is 10.7 Å². The zero-order valence-corrected chi connectivity index (χ0v) is 7.95. The van der Waals surface area contributed by atoms with Crippen LogP contribution in [0.3, 0.4) is 0 Å². The van der Waals surface area contributed by atoms with Gasteiger partial charge in [0.2, 0.25) is 0 Å². The zero-order chi connectivity index (χ0) is 9.26. The largest absolute Gasteiger partial charge is 0.272 e. The maximum atomic E-state index is 11.0. The predicted octanol–water partition coefficient (Wildman–Crippen LogP) is -0.196. The number of para-hydroxylation sites is 2. The van der Waals surface area contributed by atoms with E-state index in [4.69, 9.17) is 0 Å². The Morgan fingerprint density at radius 1 is 0.929 bits per heavy atom. The maximum Gasteiger partial charge on any atom is 0.255 e. The van der Waals surface area contributed by atoms with Gasteiger partial charge in [0.15, 0.2) is 0 Å². The molecular weight excluding hydrogens is 204 g/mol. The molecule has 0 radical (unpaired) electrons. The van der Waals surface area contributed by atoms with E-state index in [2.05, 4.69) is 9.98 Å². The van der Waals surface area contributed by atoms with E-state index >= 15 is 0 Å². The molecule has 0 bridgehead atoms. The minimum Gasteiger partial charge on any atom is -0.272 e. The zero-order valence-electron chi connectivity index (χ0n) is 7.14. The Labute approximate surface area is 85.8 Å². The summed E-state index contributed by atoms with van der Waals surface area (Å²) >= 11 is 0. The minimum atomic E-state index is -0.432. The number of hydrogen-bond acceptors (Lipinski definition) is 2. The summed E-state index contributed by atoms with van der Waals surface area (Å²) in [5, 5.41) is 0.941. The van der Waals surface area contributed by atoms with E-state index in [1.807, 2.05) is 0 Å². The fourth-order valence-electron chi connectivity index (χ4n) is 1.13. The molecule has 0 aliphatic carbocycles. The predicted molar refractivity (Wildman–Crippen MR) is 50.6 cm³/mol. The van der Waals surface area contributed by atoms with E-state index < -0.39 is 11.8 Å². The molecule has 1 aliphatic heterocycles. The molecule has 1 aromatic rings. The molecule has 5 heteroatoms. The van der Waals surface area contributed by atoms with Crippen LogP contribution >= 0.6 is 12.4 Å². The first-order valence-corrected chi connectivity index (χ1v) is 3.84. The van der Waals surface area contributed by atoms with Crippen LogP contribution < -0.4 is 10.7 Å². The van der Waals surface area contributed by atoms with Crippen molar-refractivity contribution in [3.63, 3.8) is 0 Å². The molecule has 14 heavy (non-hydrogen) atoms. The average molecular weight is 211 g/mol. The number of fused-ring (bicyclic) bond motifs is 1. The molecule has 72 valence electrons. The third-order valence-corrected chi connectivity index (χ3v) is 1.67. The van der Waals surface area contributed by atoms with Crippen LogP contribution in [0.15, 0.2) is 34.3 Å². The monoisotopic (exact) mass is 210 g/mol. The van der Waals surface area contributed by atoms with Gasteiger partial charge in [0.1, 0.15) is 6.42 Å². The van der Waals surface area contributed by atoms with E-state index in [-0.39, 0.29) is 18.8 Å². The quantitative estimate of drug-likeness (QED) is 0.557. The van der Waals surface area contributed by atoms with Crippen LogP contribution in [-0.4, -0.2) is 11.8 Å². The second-order valence-corrected chi connectivity index (χ2v) is 2.68. The van der Waals surface area contributed by atoms with Gasteiger partial charge in [-0.15, -0.1) is 12.4 Å². The fraction of sp³-hybridized carbons (Fsp3) is 0.111. The number of rotatable bonds is 0. The number of benzene rings is 1. The molecule has 2 amide bonds. The Hall–Kier alpha value is -1.55. The molecule has 0 spiro atoms. The van der Waals surface area contributed by atoms with Crippen LogP contribution in [-0.2, 0) is 9.59 Å². The van der Waals surface area contributed by atoms with Gasteiger partial charge in [0.25, 0.3) is 11.8 Å². The topological polar surface area (TPSA) is 58.9 Å². The number of carbonyl (C=O) groups is 2. The van der Waals surface area contributed by atoms with E-state index in [0.717, 1.165) is 0 Å². The lowest BCUT2D eigenvalue weighted by Gasteiger charge is -1.82. The molecule has 1 aromatic carbocycles. The summed E-state index contributed by atoms with van der Waals surface area (Å²) < 4.78 is 0. The molecule has 0 N–H and O–H groups in total. The van der Waals surface area contributed by atoms with Gasteiger partial charge >= 0.3 is 0 Å². The molecule has 0 fully saturated rings. The number of hydrogen-bond donors (Lipinski definition) is 0. The Kier molecular flexibility index (Phi) is 3.09. The molecule has 0 saturated carbocycles. The number of carbonyl (C=O) groups excluding carboxylic acids is 2. The Bertz CT molecular complexity index is 451. The molecule has 4 nitrogen and oxygen atoms in total. The normalized spacial score (nSPS) is 14.3. The van der Waals surface area contributed by atoms with Crippen molar-refractivity contribution in [3.05, 3.63) is 35.0 Å². The third-order valence-electron chi connectivity index (χ3n) is 1.67. The number of halogens is 1. The van der Waals surface area contributed by atoms with Gasteiger partial charge < -0.3 is 0 Å². The van der Waals surface area contributed by atoms with E-state index in [1.54, 1.807) is 24.3 Å². The summed E-state index contributed by atoms with van der Waals surface area (Å²) in [6.45, 7) is 0. The van der Waals surface area contributed by atoms with Gasteiger partial charge in [-0.05, 0) is 12.1 Å². The average Bonchev–Trinajstić information content (AvgIpc) is 2.20. The highest BCUT2D eigenvalue weighted by Crippen LogP contribution is 1.89. The molecule has 1 aliphatic rings. The summed E-state index contributed by atoms with van der Waals surface area (Å²) in [5.74, 6) is -0.864. The highest BCUT2D eigenvalue weighted by Gasteiger charge is 2.09. The van der Waals surface area contributed by atoms with Crippen molar-refractivity contribution in [2.24, 2.45) is 9.98 Å². The molecule has 0 unspecified atom stereocenters. The summed E-state index contributed by atoms with van der Waals surface area (Å²) in [5.41, 5.74) is 0. The standard InChI is InChI=1S/C9H6N2O2.ClH/c12-8-5-9(13)11-7-4-2-1-3-6(7)10-8;/h1-4H,5H2;1H. The smallest absolute Gasteiger partial charge is 0.255 e. The van der Waals surface area contributed by atoms with E-state index in [0.29, 0.717) is 10.7 Å². The highest BCUT2D eigenvalue weighted by atomic mass is 35.5. The highest BCUT2D eigenvalue weighted by molar-refractivity contribution is 5.98. The first kappa shape index (κ1) is 10.5. The molecule has 2 rings (SSSR count). The second kappa shape index (κ2) is 4.11. The van der Waals surface area contributed by atoms with Gasteiger partial charge in [-0.25, -0.2) is 9.98 Å². The van der Waals surface area contributed by atoms with Crippen LogP contribution in [0.4, 0.5) is 0 Å². The van der Waals surface area contributed by atoms with Crippen molar-refractivity contribution in [1.29, 1.82) is 0 Å². The van der Waals surface area contributed by atoms with Crippen molar-refractivity contribution < 1.29 is 9.59 Å². The van der Waals surface area contributed by atoms with Crippen LogP contribution in [0.5, 0.6) is 0 Å². The lowest BCUT2D eigenvalue weighted by atomic mass is 10.3. The molecule has 0 atom stereocenters. The number of amides is 2. The molecule has 1 heterocycles. The summed E-state index contributed by atoms with van der Waals surface area (Å²) in [4.78, 5) is 29.5. The van der Waals surface area contributed by atoms with Gasteiger partial charge in [-0.3, -0.25) is 9.59 Å². The first-order valence-electron chi connectivity index (χ1n) is 3.84. The third kappa shape index (κ3) is 2.03. The summed E-state index contributed by atoms with van der Waals surface area (Å²) in [7, 11) is 0. The van der Waals surface area contributed by atoms with E-state index in [1.165, 1.54) is 0 Å². The van der Waals surface area contributed by atoms with Crippen LogP contribution in [0.25, 0.3) is 0 Å². The van der Waals surface area contributed by atoms with Crippen LogP contribution in [0.1, 0.15) is 6.42 Å². The Morgan fingerprint density at radius 3 is 1.79 bits per heavy atom.